The van der Waals surface area contributed by atoms with E-state index < -0.39 is 5.97 Å². The maximum Gasteiger partial charge on any atom is 0.356 e. The summed E-state index contributed by atoms with van der Waals surface area (Å²) >= 11 is 1.61. The van der Waals surface area contributed by atoms with Crippen molar-refractivity contribution < 1.29 is 19.0 Å². The number of nitrogens with one attached hydrogen (secondary N) is 1. The Bertz CT molecular complexity index is 577. The quantitative estimate of drug-likeness (QED) is 0.816. The van der Waals surface area contributed by atoms with Gasteiger partial charge in [0.1, 0.15) is 5.69 Å². The largest absolute Gasteiger partial charge is 0.493 e. The van der Waals surface area contributed by atoms with Gasteiger partial charge in [-0.25, -0.2) is 15.2 Å². The minimum Gasteiger partial charge on any atom is -0.493 e. The van der Waals surface area contributed by atoms with E-state index in [1.165, 1.54) is 27.4 Å². The topological polar surface area (TPSA) is 72.9 Å². The number of aromatic nitrogens is 1. The Balaban J connectivity index is 2.59. The number of esters is 1. The van der Waals surface area contributed by atoms with E-state index in [0.717, 1.165) is 11.6 Å². The number of carbonyl (C=O) groups excluding carboxylic acids is 1. The Labute approximate surface area is 127 Å². The summed E-state index contributed by atoms with van der Waals surface area (Å²) in [4.78, 5) is 16.1. The van der Waals surface area contributed by atoms with E-state index in [1.54, 1.807) is 11.8 Å². The van der Waals surface area contributed by atoms with Crippen LogP contribution in [0.25, 0.3) is 5.70 Å². The molecule has 114 valence electrons. The van der Waals surface area contributed by atoms with Gasteiger partial charge >= 0.3 is 5.97 Å². The lowest BCUT2D eigenvalue weighted by molar-refractivity contribution is 0.0593. The summed E-state index contributed by atoms with van der Waals surface area (Å²) in [6.45, 7) is 0. The molecule has 0 fully saturated rings. The summed E-state index contributed by atoms with van der Waals surface area (Å²) in [5.74, 6) is 1.11. The highest BCUT2D eigenvalue weighted by atomic mass is 32.2. The summed E-state index contributed by atoms with van der Waals surface area (Å²) in [5.41, 5.74) is 4.55. The number of methoxy groups -OCH3 is 3. The van der Waals surface area contributed by atoms with Crippen molar-refractivity contribution in [1.29, 1.82) is 0 Å². The standard InChI is InChI=1S/C13H17N3O4S/c1-14-16-7-21-6-9(16)11-12(19-3)10(18-2)5-8(15-11)13(17)20-4/h5-6,14H,7H2,1-4H3. The number of thioether (sulfide) groups is 1. The lowest BCUT2D eigenvalue weighted by Gasteiger charge is -2.22. The van der Waals surface area contributed by atoms with Crippen molar-refractivity contribution in [1.82, 2.24) is 15.4 Å². The molecule has 1 N–H and O–H groups in total. The monoisotopic (exact) mass is 311 g/mol. The summed E-state index contributed by atoms with van der Waals surface area (Å²) in [7, 11) is 6.17. The first-order valence-corrected chi connectivity index (χ1v) is 7.19. The maximum atomic E-state index is 11.8. The molecule has 0 atom stereocenters. The fourth-order valence-electron chi connectivity index (χ4n) is 1.93. The van der Waals surface area contributed by atoms with Crippen molar-refractivity contribution >= 4 is 23.4 Å². The van der Waals surface area contributed by atoms with Crippen molar-refractivity contribution in [2.45, 2.75) is 0 Å². The zero-order valence-corrected chi connectivity index (χ0v) is 13.1. The van der Waals surface area contributed by atoms with Crippen LogP contribution >= 0.6 is 11.8 Å². The van der Waals surface area contributed by atoms with Gasteiger partial charge in [0.15, 0.2) is 17.2 Å². The van der Waals surface area contributed by atoms with Crippen LogP contribution in [-0.4, -0.2) is 50.2 Å². The van der Waals surface area contributed by atoms with Gasteiger partial charge in [0, 0.05) is 13.1 Å². The highest BCUT2D eigenvalue weighted by Gasteiger charge is 2.26. The minimum absolute atomic E-state index is 0.166. The van der Waals surface area contributed by atoms with Gasteiger partial charge in [-0.3, -0.25) is 5.01 Å². The molecule has 1 aliphatic heterocycles. The van der Waals surface area contributed by atoms with Crippen LogP contribution in [0.2, 0.25) is 0 Å². The average Bonchev–Trinajstić information content (AvgIpc) is 3.00. The average molecular weight is 311 g/mol. The van der Waals surface area contributed by atoms with E-state index in [2.05, 4.69) is 10.4 Å². The van der Waals surface area contributed by atoms with Gasteiger partial charge in [-0.2, -0.15) is 0 Å². The molecule has 1 aromatic rings. The maximum absolute atomic E-state index is 11.8. The van der Waals surface area contributed by atoms with Crippen LogP contribution in [0.15, 0.2) is 11.5 Å². The second-order valence-electron chi connectivity index (χ2n) is 4.03. The van der Waals surface area contributed by atoms with E-state index in [0.29, 0.717) is 17.2 Å². The van der Waals surface area contributed by atoms with Crippen LogP contribution in [0.1, 0.15) is 16.2 Å². The normalized spacial score (nSPS) is 13.9. The number of hydrazine groups is 1. The number of hydrogen-bond acceptors (Lipinski definition) is 8. The lowest BCUT2D eigenvalue weighted by Crippen LogP contribution is -2.31. The van der Waals surface area contributed by atoms with Crippen molar-refractivity contribution in [2.24, 2.45) is 0 Å². The zero-order valence-electron chi connectivity index (χ0n) is 12.3. The number of hydrogen-bond donors (Lipinski definition) is 1. The van der Waals surface area contributed by atoms with Gasteiger partial charge in [0.05, 0.1) is 32.9 Å². The zero-order chi connectivity index (χ0) is 15.4. The molecule has 1 aromatic heterocycles. The molecule has 21 heavy (non-hydrogen) atoms. The molecule has 0 unspecified atom stereocenters. The van der Waals surface area contributed by atoms with Gasteiger partial charge in [-0.05, 0) is 5.41 Å². The smallest absolute Gasteiger partial charge is 0.356 e. The molecule has 2 heterocycles. The highest BCUT2D eigenvalue weighted by molar-refractivity contribution is 8.02. The van der Waals surface area contributed by atoms with Crippen molar-refractivity contribution in [3.63, 3.8) is 0 Å². The molecular weight excluding hydrogens is 294 g/mol. The summed E-state index contributed by atoms with van der Waals surface area (Å²) in [6.07, 6.45) is 0. The minimum atomic E-state index is -0.528. The predicted molar refractivity (Wildman–Crippen MR) is 80.0 cm³/mol. The fourth-order valence-corrected chi connectivity index (χ4v) is 2.82. The third-order valence-corrected chi connectivity index (χ3v) is 3.76. The molecule has 8 heteroatoms. The molecule has 7 nitrogen and oxygen atoms in total. The van der Waals surface area contributed by atoms with E-state index >= 15 is 0 Å². The lowest BCUT2D eigenvalue weighted by atomic mass is 10.2. The molecule has 0 saturated carbocycles. The molecule has 0 radical (unpaired) electrons. The number of carbonyl (C=O) groups is 1. The number of pyridine rings is 1. The molecular formula is C13H17N3O4S. The SMILES string of the molecule is CNN1CSC=C1c1nc(C(=O)OC)cc(OC)c1OC. The van der Waals surface area contributed by atoms with Gasteiger partial charge < -0.3 is 14.2 Å². The molecule has 1 aliphatic rings. The predicted octanol–water partition coefficient (Wildman–Crippen LogP) is 1.32. The van der Waals surface area contributed by atoms with Crippen molar-refractivity contribution in [3.05, 3.63) is 22.9 Å². The molecule has 0 saturated heterocycles. The van der Waals surface area contributed by atoms with Gasteiger partial charge in [-0.1, -0.05) is 0 Å². The molecule has 0 amide bonds. The third kappa shape index (κ3) is 2.91. The van der Waals surface area contributed by atoms with Crippen LogP contribution in [0, 0.1) is 0 Å². The van der Waals surface area contributed by atoms with Crippen LogP contribution in [0.4, 0.5) is 0 Å². The summed E-state index contributed by atoms with van der Waals surface area (Å²) < 4.78 is 15.4. The van der Waals surface area contributed by atoms with E-state index in [-0.39, 0.29) is 5.69 Å². The van der Waals surface area contributed by atoms with E-state index in [4.69, 9.17) is 14.2 Å². The van der Waals surface area contributed by atoms with Crippen molar-refractivity contribution in [3.8, 4) is 11.5 Å². The van der Waals surface area contributed by atoms with E-state index in [9.17, 15) is 4.79 Å². The Morgan fingerprint density at radius 3 is 2.71 bits per heavy atom. The number of rotatable bonds is 5. The second-order valence-corrected chi connectivity index (χ2v) is 4.86. The van der Waals surface area contributed by atoms with Gasteiger partial charge in [0.2, 0.25) is 0 Å². The van der Waals surface area contributed by atoms with Crippen LogP contribution < -0.4 is 14.9 Å². The van der Waals surface area contributed by atoms with Crippen LogP contribution in [0.5, 0.6) is 11.5 Å². The van der Waals surface area contributed by atoms with Crippen LogP contribution in [0.3, 0.4) is 0 Å². The third-order valence-electron chi connectivity index (χ3n) is 2.96. The fraction of sp³-hybridized carbons (Fsp3) is 0.385. The Morgan fingerprint density at radius 1 is 1.38 bits per heavy atom. The van der Waals surface area contributed by atoms with Crippen molar-refractivity contribution in [2.75, 3.05) is 34.3 Å². The molecule has 0 spiro atoms. The van der Waals surface area contributed by atoms with Gasteiger partial charge in [-0.15, -0.1) is 11.8 Å². The molecule has 0 aromatic carbocycles. The highest BCUT2D eigenvalue weighted by Crippen LogP contribution is 2.39. The van der Waals surface area contributed by atoms with E-state index in [1.807, 2.05) is 17.5 Å². The first-order valence-electron chi connectivity index (χ1n) is 6.14. The van der Waals surface area contributed by atoms with Gasteiger partial charge in [0.25, 0.3) is 0 Å². The number of nitrogens with zero attached hydrogens (tertiary/aromatic N) is 2. The summed E-state index contributed by atoms with van der Waals surface area (Å²) in [6, 6.07) is 1.50. The molecule has 0 aliphatic carbocycles. The number of ether oxygens (including phenoxy) is 3. The first-order chi connectivity index (χ1) is 10.2. The molecule has 0 bridgehead atoms. The summed E-state index contributed by atoms with van der Waals surface area (Å²) in [5, 5.41) is 3.85. The molecule has 2 rings (SSSR count). The first kappa shape index (κ1) is 15.5. The second kappa shape index (κ2) is 6.68. The Kier molecular flexibility index (Phi) is 4.92. The Hall–Kier alpha value is -1.93. The van der Waals surface area contributed by atoms with Crippen LogP contribution in [-0.2, 0) is 4.74 Å². The Morgan fingerprint density at radius 2 is 2.14 bits per heavy atom.